The number of esters is 1. The number of rotatable bonds is 4. The molecule has 3 N–H and O–H groups in total. The van der Waals surface area contributed by atoms with E-state index in [9.17, 15) is 4.79 Å². The molecule has 1 aromatic carbocycles. The molecule has 4 nitrogen and oxygen atoms in total. The highest BCUT2D eigenvalue weighted by atomic mass is 16.5. The van der Waals surface area contributed by atoms with Gasteiger partial charge >= 0.3 is 5.97 Å². The fourth-order valence-corrected chi connectivity index (χ4v) is 0.973. The van der Waals surface area contributed by atoms with Crippen LogP contribution in [0.4, 0.5) is 5.69 Å². The van der Waals surface area contributed by atoms with Crippen molar-refractivity contribution >= 4 is 11.7 Å². The Hall–Kier alpha value is -1.55. The number of hydrogen-bond acceptors (Lipinski definition) is 4. The van der Waals surface area contributed by atoms with Crippen LogP contribution in [0.25, 0.3) is 0 Å². The van der Waals surface area contributed by atoms with Crippen molar-refractivity contribution in [2.24, 2.45) is 5.92 Å². The van der Waals surface area contributed by atoms with Crippen LogP contribution in [0.2, 0.25) is 0 Å². The Morgan fingerprint density at radius 2 is 2.07 bits per heavy atom. The van der Waals surface area contributed by atoms with Gasteiger partial charge in [0.25, 0.3) is 0 Å². The standard InChI is InChI=1S/C11H15NO3/c1-8(6-13)7-15-11(14)9-2-4-10(12)5-3-9/h2-5,8,13H,6-7,12H2,1H3. The monoisotopic (exact) mass is 209 g/mol. The van der Waals surface area contributed by atoms with Crippen LogP contribution in [0.1, 0.15) is 17.3 Å². The van der Waals surface area contributed by atoms with Gasteiger partial charge in [-0.15, -0.1) is 0 Å². The second-order valence-corrected chi connectivity index (χ2v) is 3.51. The number of anilines is 1. The Morgan fingerprint density at radius 1 is 1.47 bits per heavy atom. The van der Waals surface area contributed by atoms with Gasteiger partial charge in [-0.25, -0.2) is 4.79 Å². The van der Waals surface area contributed by atoms with Crippen molar-refractivity contribution in [3.05, 3.63) is 29.8 Å². The van der Waals surface area contributed by atoms with E-state index in [1.807, 2.05) is 0 Å². The van der Waals surface area contributed by atoms with Crippen LogP contribution >= 0.6 is 0 Å². The van der Waals surface area contributed by atoms with Crippen molar-refractivity contribution in [2.75, 3.05) is 18.9 Å². The van der Waals surface area contributed by atoms with E-state index in [2.05, 4.69) is 0 Å². The second-order valence-electron chi connectivity index (χ2n) is 3.51. The number of carbonyl (C=O) groups excluding carboxylic acids is 1. The summed E-state index contributed by atoms with van der Waals surface area (Å²) in [6.45, 7) is 2.03. The zero-order valence-corrected chi connectivity index (χ0v) is 8.64. The van der Waals surface area contributed by atoms with E-state index in [1.165, 1.54) is 0 Å². The number of benzene rings is 1. The van der Waals surface area contributed by atoms with E-state index < -0.39 is 5.97 Å². The fourth-order valence-electron chi connectivity index (χ4n) is 0.973. The lowest BCUT2D eigenvalue weighted by molar-refractivity contribution is 0.0405. The highest BCUT2D eigenvalue weighted by Gasteiger charge is 2.08. The first kappa shape index (κ1) is 11.5. The molecule has 0 heterocycles. The molecule has 0 aromatic heterocycles. The highest BCUT2D eigenvalue weighted by Crippen LogP contribution is 2.07. The predicted octanol–water partition coefficient (Wildman–Crippen LogP) is 1.05. The molecule has 1 rings (SSSR count). The maximum absolute atomic E-state index is 11.4. The van der Waals surface area contributed by atoms with Gasteiger partial charge in [0.2, 0.25) is 0 Å². The maximum Gasteiger partial charge on any atom is 0.338 e. The van der Waals surface area contributed by atoms with Crippen molar-refractivity contribution in [3.8, 4) is 0 Å². The first-order chi connectivity index (χ1) is 7.13. The van der Waals surface area contributed by atoms with Crippen LogP contribution in [0.15, 0.2) is 24.3 Å². The lowest BCUT2D eigenvalue weighted by Crippen LogP contribution is -2.14. The number of aliphatic hydroxyl groups is 1. The number of nitrogen functional groups attached to an aromatic ring is 1. The van der Waals surface area contributed by atoms with Gasteiger partial charge in [0.1, 0.15) is 0 Å². The summed E-state index contributed by atoms with van der Waals surface area (Å²) in [4.78, 5) is 11.4. The van der Waals surface area contributed by atoms with E-state index in [-0.39, 0.29) is 19.1 Å². The molecule has 0 amide bonds. The van der Waals surface area contributed by atoms with Crippen LogP contribution in [-0.4, -0.2) is 24.3 Å². The summed E-state index contributed by atoms with van der Waals surface area (Å²) in [5.74, 6) is -0.432. The molecule has 15 heavy (non-hydrogen) atoms. The Kier molecular flexibility index (Phi) is 4.12. The summed E-state index contributed by atoms with van der Waals surface area (Å²) in [6, 6.07) is 6.51. The van der Waals surface area contributed by atoms with Gasteiger partial charge in [0, 0.05) is 18.2 Å². The van der Waals surface area contributed by atoms with Crippen LogP contribution in [0.5, 0.6) is 0 Å². The quantitative estimate of drug-likeness (QED) is 0.574. The number of ether oxygens (including phenoxy) is 1. The molecule has 0 aliphatic rings. The van der Waals surface area contributed by atoms with Crippen molar-refractivity contribution in [2.45, 2.75) is 6.92 Å². The molecule has 0 spiro atoms. The first-order valence-corrected chi connectivity index (χ1v) is 4.77. The van der Waals surface area contributed by atoms with Gasteiger partial charge in [-0.05, 0) is 24.3 Å². The Labute approximate surface area is 88.7 Å². The van der Waals surface area contributed by atoms with Crippen LogP contribution in [0.3, 0.4) is 0 Å². The molecule has 4 heteroatoms. The lowest BCUT2D eigenvalue weighted by Gasteiger charge is -2.08. The van der Waals surface area contributed by atoms with Gasteiger partial charge in [-0.2, -0.15) is 0 Å². The van der Waals surface area contributed by atoms with E-state index in [0.717, 1.165) is 0 Å². The third-order valence-electron chi connectivity index (χ3n) is 1.96. The van der Waals surface area contributed by atoms with Crippen LogP contribution < -0.4 is 5.73 Å². The van der Waals surface area contributed by atoms with Gasteiger partial charge in [0.05, 0.1) is 12.2 Å². The zero-order chi connectivity index (χ0) is 11.3. The SMILES string of the molecule is CC(CO)COC(=O)c1ccc(N)cc1. The highest BCUT2D eigenvalue weighted by molar-refractivity contribution is 5.89. The largest absolute Gasteiger partial charge is 0.462 e. The van der Waals surface area contributed by atoms with E-state index in [4.69, 9.17) is 15.6 Å². The molecule has 0 saturated carbocycles. The van der Waals surface area contributed by atoms with Gasteiger partial charge < -0.3 is 15.6 Å². The van der Waals surface area contributed by atoms with Crippen molar-refractivity contribution in [3.63, 3.8) is 0 Å². The molecule has 0 saturated heterocycles. The number of aliphatic hydroxyl groups excluding tert-OH is 1. The number of carbonyl (C=O) groups is 1. The average Bonchev–Trinajstić information content (AvgIpc) is 2.26. The van der Waals surface area contributed by atoms with Crippen molar-refractivity contribution < 1.29 is 14.6 Å². The maximum atomic E-state index is 11.4. The van der Waals surface area contributed by atoms with E-state index >= 15 is 0 Å². The summed E-state index contributed by atoms with van der Waals surface area (Å²) in [7, 11) is 0. The lowest BCUT2D eigenvalue weighted by atomic mass is 10.2. The fraction of sp³-hybridized carbons (Fsp3) is 0.364. The van der Waals surface area contributed by atoms with E-state index in [1.54, 1.807) is 31.2 Å². The summed E-state index contributed by atoms with van der Waals surface area (Å²) in [5.41, 5.74) is 6.56. The molecule has 0 bridgehead atoms. The van der Waals surface area contributed by atoms with Gasteiger partial charge in [0.15, 0.2) is 0 Å². The zero-order valence-electron chi connectivity index (χ0n) is 8.64. The molecule has 82 valence electrons. The van der Waals surface area contributed by atoms with E-state index in [0.29, 0.717) is 11.3 Å². The molecular weight excluding hydrogens is 194 g/mol. The summed E-state index contributed by atoms with van der Waals surface area (Å²) < 4.78 is 4.98. The van der Waals surface area contributed by atoms with Gasteiger partial charge in [-0.3, -0.25) is 0 Å². The third-order valence-corrected chi connectivity index (χ3v) is 1.96. The molecule has 0 aliphatic heterocycles. The summed E-state index contributed by atoms with van der Waals surface area (Å²) >= 11 is 0. The minimum atomic E-state index is -0.393. The van der Waals surface area contributed by atoms with Crippen molar-refractivity contribution in [1.82, 2.24) is 0 Å². The third kappa shape index (κ3) is 3.59. The van der Waals surface area contributed by atoms with Crippen LogP contribution in [-0.2, 0) is 4.74 Å². The summed E-state index contributed by atoms with van der Waals surface area (Å²) in [5, 5.41) is 8.75. The number of nitrogens with two attached hydrogens (primary N) is 1. The predicted molar refractivity (Wildman–Crippen MR) is 57.4 cm³/mol. The molecule has 1 atom stereocenters. The average molecular weight is 209 g/mol. The minimum Gasteiger partial charge on any atom is -0.462 e. The molecule has 1 unspecified atom stereocenters. The molecule has 0 aliphatic carbocycles. The Bertz CT molecular complexity index is 321. The molecule has 0 radical (unpaired) electrons. The topological polar surface area (TPSA) is 72.5 Å². The summed E-state index contributed by atoms with van der Waals surface area (Å²) in [6.07, 6.45) is 0. The minimum absolute atomic E-state index is 0.00895. The molecule has 0 fully saturated rings. The molecule has 1 aromatic rings. The van der Waals surface area contributed by atoms with Crippen LogP contribution in [0, 0.1) is 5.92 Å². The number of hydrogen-bond donors (Lipinski definition) is 2. The van der Waals surface area contributed by atoms with Crippen molar-refractivity contribution in [1.29, 1.82) is 0 Å². The Balaban J connectivity index is 2.50. The molecular formula is C11H15NO3. The Morgan fingerprint density at radius 3 is 2.60 bits per heavy atom. The normalized spacial score (nSPS) is 12.1. The smallest absolute Gasteiger partial charge is 0.338 e. The second kappa shape index (κ2) is 5.36. The van der Waals surface area contributed by atoms with Gasteiger partial charge in [-0.1, -0.05) is 6.92 Å². The first-order valence-electron chi connectivity index (χ1n) is 4.77.